The van der Waals surface area contributed by atoms with Crippen LogP contribution in [0.5, 0.6) is 5.75 Å². The van der Waals surface area contributed by atoms with Crippen molar-refractivity contribution in [2.24, 2.45) is 0 Å². The van der Waals surface area contributed by atoms with E-state index in [0.29, 0.717) is 6.54 Å². The molecule has 0 saturated heterocycles. The lowest BCUT2D eigenvalue weighted by Gasteiger charge is -2.08. The fraction of sp³-hybridized carbons (Fsp3) is 0.267. The number of phenols is 1. The van der Waals surface area contributed by atoms with Crippen LogP contribution in [0, 0.1) is 0 Å². The van der Waals surface area contributed by atoms with Crippen molar-refractivity contribution < 1.29 is 10.2 Å². The first-order valence-corrected chi connectivity index (χ1v) is 7.59. The third-order valence-electron chi connectivity index (χ3n) is 2.78. The quantitative estimate of drug-likeness (QED) is 0.684. The Bertz CT molecular complexity index is 549. The van der Waals surface area contributed by atoms with Crippen molar-refractivity contribution in [3.8, 4) is 5.75 Å². The summed E-state index contributed by atoms with van der Waals surface area (Å²) in [7, 11) is 0. The third kappa shape index (κ3) is 4.43. The number of aliphatic hydroxyl groups is 1. The zero-order valence-corrected chi connectivity index (χ0v) is 11.9. The monoisotopic (exact) mass is 290 g/mol. The van der Waals surface area contributed by atoms with E-state index in [1.807, 2.05) is 24.3 Å². The minimum absolute atomic E-state index is 0.203. The number of aromatic nitrogens is 1. The van der Waals surface area contributed by atoms with E-state index in [1.54, 1.807) is 30.1 Å². The zero-order chi connectivity index (χ0) is 14.2. The molecule has 0 unspecified atom stereocenters. The molecule has 4 nitrogen and oxygen atoms in total. The number of phenolic OH excluding ortho intramolecular Hbond substituents is 1. The Labute approximate surface area is 122 Å². The van der Waals surface area contributed by atoms with Crippen LogP contribution < -0.4 is 5.32 Å². The van der Waals surface area contributed by atoms with Gasteiger partial charge in [0.2, 0.25) is 0 Å². The predicted octanol–water partition coefficient (Wildman–Crippen LogP) is 2.62. The Morgan fingerprint density at radius 3 is 2.85 bits per heavy atom. The second-order valence-electron chi connectivity index (χ2n) is 4.31. The first-order chi connectivity index (χ1) is 9.79. The number of anilines is 1. The summed E-state index contributed by atoms with van der Waals surface area (Å²) in [6.45, 7) is 0.737. The van der Waals surface area contributed by atoms with E-state index in [4.69, 9.17) is 5.11 Å². The van der Waals surface area contributed by atoms with E-state index in [1.165, 1.54) is 5.56 Å². The van der Waals surface area contributed by atoms with Gasteiger partial charge in [0.1, 0.15) is 11.6 Å². The summed E-state index contributed by atoms with van der Waals surface area (Å²) in [5.41, 5.74) is 2.01. The maximum absolute atomic E-state index is 9.70. The highest BCUT2D eigenvalue weighted by Gasteiger charge is 2.01. The smallest absolute Gasteiger partial charge is 0.126 e. The van der Waals surface area contributed by atoms with Crippen LogP contribution in [0.1, 0.15) is 11.1 Å². The van der Waals surface area contributed by atoms with Crippen LogP contribution in [0.25, 0.3) is 0 Å². The molecular formula is C15H18N2O2S. The average Bonchev–Trinajstić information content (AvgIpc) is 2.47. The Morgan fingerprint density at radius 2 is 2.05 bits per heavy atom. The summed E-state index contributed by atoms with van der Waals surface area (Å²) in [6.07, 6.45) is 1.77. The van der Waals surface area contributed by atoms with E-state index in [2.05, 4.69) is 10.3 Å². The Balaban J connectivity index is 1.93. The second kappa shape index (κ2) is 7.77. The van der Waals surface area contributed by atoms with Crippen LogP contribution >= 0.6 is 11.8 Å². The highest BCUT2D eigenvalue weighted by molar-refractivity contribution is 7.98. The van der Waals surface area contributed by atoms with Gasteiger partial charge in [-0.3, -0.25) is 0 Å². The molecule has 20 heavy (non-hydrogen) atoms. The molecule has 0 aliphatic carbocycles. The van der Waals surface area contributed by atoms with E-state index >= 15 is 0 Å². The van der Waals surface area contributed by atoms with Crippen LogP contribution in [0.3, 0.4) is 0 Å². The van der Waals surface area contributed by atoms with Gasteiger partial charge in [0.25, 0.3) is 0 Å². The van der Waals surface area contributed by atoms with Gasteiger partial charge in [-0.05, 0) is 23.8 Å². The molecule has 106 valence electrons. The molecule has 3 N–H and O–H groups in total. The number of thioether (sulfide) groups is 1. The summed E-state index contributed by atoms with van der Waals surface area (Å²) in [5, 5.41) is 21.7. The van der Waals surface area contributed by atoms with Crippen LogP contribution in [0.15, 0.2) is 42.6 Å². The standard InChI is InChI=1S/C15H18N2O2S/c18-7-8-20-11-12-5-6-16-15(9-12)17-10-13-3-1-2-4-14(13)19/h1-6,9,18-19H,7-8,10-11H2,(H,16,17). The lowest BCUT2D eigenvalue weighted by molar-refractivity contribution is 0.322. The molecule has 0 atom stereocenters. The molecule has 0 spiro atoms. The number of hydrogen-bond donors (Lipinski definition) is 3. The van der Waals surface area contributed by atoms with Crippen LogP contribution in [0.4, 0.5) is 5.82 Å². The van der Waals surface area contributed by atoms with E-state index in [0.717, 1.165) is 22.9 Å². The second-order valence-corrected chi connectivity index (χ2v) is 5.41. The number of nitrogens with zero attached hydrogens (tertiary/aromatic N) is 1. The molecule has 1 aromatic heterocycles. The van der Waals surface area contributed by atoms with Gasteiger partial charge < -0.3 is 15.5 Å². The van der Waals surface area contributed by atoms with Crippen molar-refractivity contribution in [1.82, 2.24) is 4.98 Å². The maximum Gasteiger partial charge on any atom is 0.126 e. The molecule has 0 radical (unpaired) electrons. The summed E-state index contributed by atoms with van der Waals surface area (Å²) in [5.74, 6) is 2.67. The van der Waals surface area contributed by atoms with Gasteiger partial charge in [0.05, 0.1) is 6.61 Å². The first-order valence-electron chi connectivity index (χ1n) is 6.44. The fourth-order valence-electron chi connectivity index (χ4n) is 1.76. The maximum atomic E-state index is 9.70. The molecule has 1 heterocycles. The molecule has 0 amide bonds. The molecule has 0 bridgehead atoms. The van der Waals surface area contributed by atoms with Gasteiger partial charge in [-0.15, -0.1) is 0 Å². The largest absolute Gasteiger partial charge is 0.508 e. The number of nitrogens with one attached hydrogen (secondary N) is 1. The molecule has 0 aliphatic rings. The summed E-state index contributed by atoms with van der Waals surface area (Å²) < 4.78 is 0. The molecule has 1 aromatic carbocycles. The third-order valence-corrected chi connectivity index (χ3v) is 3.79. The number of pyridine rings is 1. The highest BCUT2D eigenvalue weighted by Crippen LogP contribution is 2.18. The van der Waals surface area contributed by atoms with Crippen molar-refractivity contribution in [1.29, 1.82) is 0 Å². The molecule has 2 rings (SSSR count). The number of rotatable bonds is 7. The molecule has 0 aliphatic heterocycles. The van der Waals surface area contributed by atoms with Gasteiger partial charge in [-0.1, -0.05) is 18.2 Å². The Hall–Kier alpha value is -1.72. The lowest BCUT2D eigenvalue weighted by atomic mass is 10.2. The SMILES string of the molecule is OCCSCc1ccnc(NCc2ccccc2O)c1. The lowest BCUT2D eigenvalue weighted by Crippen LogP contribution is -2.02. The topological polar surface area (TPSA) is 65.4 Å². The van der Waals surface area contributed by atoms with Gasteiger partial charge in [-0.2, -0.15) is 11.8 Å². The minimum Gasteiger partial charge on any atom is -0.508 e. The number of para-hydroxylation sites is 1. The normalized spacial score (nSPS) is 10.4. The summed E-state index contributed by atoms with van der Waals surface area (Å²) in [6, 6.07) is 11.2. The van der Waals surface area contributed by atoms with Crippen molar-refractivity contribution in [3.63, 3.8) is 0 Å². The first kappa shape index (κ1) is 14.7. The van der Waals surface area contributed by atoms with E-state index < -0.39 is 0 Å². The molecule has 2 aromatic rings. The van der Waals surface area contributed by atoms with Crippen molar-refractivity contribution in [2.45, 2.75) is 12.3 Å². The predicted molar refractivity (Wildman–Crippen MR) is 82.9 cm³/mol. The van der Waals surface area contributed by atoms with Crippen molar-refractivity contribution in [3.05, 3.63) is 53.7 Å². The number of aromatic hydroxyl groups is 1. The van der Waals surface area contributed by atoms with Crippen molar-refractivity contribution in [2.75, 3.05) is 17.7 Å². The summed E-state index contributed by atoms with van der Waals surface area (Å²) in [4.78, 5) is 4.26. The van der Waals surface area contributed by atoms with Crippen LogP contribution in [-0.4, -0.2) is 27.6 Å². The number of benzene rings is 1. The number of aliphatic hydroxyl groups excluding tert-OH is 1. The highest BCUT2D eigenvalue weighted by atomic mass is 32.2. The van der Waals surface area contributed by atoms with Gasteiger partial charge in [0, 0.05) is 29.8 Å². The Kier molecular flexibility index (Phi) is 5.70. The van der Waals surface area contributed by atoms with Crippen LogP contribution in [-0.2, 0) is 12.3 Å². The Morgan fingerprint density at radius 1 is 1.20 bits per heavy atom. The minimum atomic E-state index is 0.203. The van der Waals surface area contributed by atoms with Gasteiger partial charge in [-0.25, -0.2) is 4.98 Å². The van der Waals surface area contributed by atoms with Gasteiger partial charge >= 0.3 is 0 Å². The summed E-state index contributed by atoms with van der Waals surface area (Å²) >= 11 is 1.69. The van der Waals surface area contributed by atoms with Crippen LogP contribution in [0.2, 0.25) is 0 Å². The van der Waals surface area contributed by atoms with Crippen molar-refractivity contribution >= 4 is 17.6 Å². The molecule has 0 saturated carbocycles. The number of hydrogen-bond acceptors (Lipinski definition) is 5. The fourth-order valence-corrected chi connectivity index (χ4v) is 2.45. The zero-order valence-electron chi connectivity index (χ0n) is 11.1. The van der Waals surface area contributed by atoms with Gasteiger partial charge in [0.15, 0.2) is 0 Å². The van der Waals surface area contributed by atoms with E-state index in [9.17, 15) is 5.11 Å². The van der Waals surface area contributed by atoms with E-state index in [-0.39, 0.29) is 12.4 Å². The molecule has 5 heteroatoms. The average molecular weight is 290 g/mol. The molecular weight excluding hydrogens is 272 g/mol. The molecule has 0 fully saturated rings.